The summed E-state index contributed by atoms with van der Waals surface area (Å²) in [5.74, 6) is 0. The first kappa shape index (κ1) is 11.4. The van der Waals surface area contributed by atoms with Crippen molar-refractivity contribution < 1.29 is 4.74 Å². The number of aromatic amines is 1. The number of H-pyrrole nitrogens is 1. The molecule has 0 saturated carbocycles. The second-order valence-electron chi connectivity index (χ2n) is 4.52. The molecule has 0 spiro atoms. The molecule has 0 unspecified atom stereocenters. The smallest absolute Gasteiger partial charge is 0.0925 e. The number of aromatic nitrogens is 2. The van der Waals surface area contributed by atoms with Crippen LogP contribution in [0.25, 0.3) is 0 Å². The van der Waals surface area contributed by atoms with Crippen molar-refractivity contribution in [1.82, 2.24) is 15.3 Å². The van der Waals surface area contributed by atoms with Crippen LogP contribution < -0.4 is 5.32 Å². The van der Waals surface area contributed by atoms with Gasteiger partial charge >= 0.3 is 0 Å². The van der Waals surface area contributed by atoms with Gasteiger partial charge < -0.3 is 15.0 Å². The first-order valence-electron chi connectivity index (χ1n) is 6.30. The van der Waals surface area contributed by atoms with Gasteiger partial charge in [0.1, 0.15) is 0 Å². The molecule has 1 aliphatic rings. The Hall–Kier alpha value is -1.65. The van der Waals surface area contributed by atoms with Crippen LogP contribution in [-0.4, -0.2) is 23.1 Å². The van der Waals surface area contributed by atoms with Crippen molar-refractivity contribution in [3.8, 4) is 0 Å². The highest BCUT2D eigenvalue weighted by atomic mass is 16.5. The van der Waals surface area contributed by atoms with E-state index in [0.29, 0.717) is 13.2 Å². The molecule has 1 atom stereocenters. The van der Waals surface area contributed by atoms with Gasteiger partial charge in [0, 0.05) is 18.7 Å². The fourth-order valence-corrected chi connectivity index (χ4v) is 2.31. The first-order chi connectivity index (χ1) is 8.93. The number of nitrogens with zero attached hydrogens (tertiary/aromatic N) is 1. The third kappa shape index (κ3) is 2.44. The second kappa shape index (κ2) is 5.33. The van der Waals surface area contributed by atoms with E-state index in [9.17, 15) is 0 Å². The van der Waals surface area contributed by atoms with E-state index >= 15 is 0 Å². The largest absolute Gasteiger partial charge is 0.375 e. The highest BCUT2D eigenvalue weighted by molar-refractivity contribution is 5.19. The highest BCUT2D eigenvalue weighted by Gasteiger charge is 2.21. The van der Waals surface area contributed by atoms with Gasteiger partial charge in [-0.2, -0.15) is 0 Å². The maximum atomic E-state index is 5.77. The minimum absolute atomic E-state index is 0.212. The predicted molar refractivity (Wildman–Crippen MR) is 69.1 cm³/mol. The Bertz CT molecular complexity index is 495. The summed E-state index contributed by atoms with van der Waals surface area (Å²) in [6.45, 7) is 2.29. The lowest BCUT2D eigenvalue weighted by atomic mass is 10.1. The number of rotatable bonds is 4. The van der Waals surface area contributed by atoms with Gasteiger partial charge in [0.05, 0.1) is 31.3 Å². The van der Waals surface area contributed by atoms with E-state index in [4.69, 9.17) is 4.74 Å². The molecule has 1 aliphatic heterocycles. The monoisotopic (exact) mass is 243 g/mol. The van der Waals surface area contributed by atoms with Gasteiger partial charge in [0.15, 0.2) is 0 Å². The summed E-state index contributed by atoms with van der Waals surface area (Å²) in [6, 6.07) is 10.4. The van der Waals surface area contributed by atoms with Crippen molar-refractivity contribution in [2.45, 2.75) is 19.1 Å². The summed E-state index contributed by atoms with van der Waals surface area (Å²) in [5.41, 5.74) is 3.55. The van der Waals surface area contributed by atoms with Gasteiger partial charge in [-0.1, -0.05) is 30.3 Å². The summed E-state index contributed by atoms with van der Waals surface area (Å²) < 4.78 is 5.77. The number of hydrogen-bond acceptors (Lipinski definition) is 3. The quantitative estimate of drug-likeness (QED) is 0.861. The Kier molecular flexibility index (Phi) is 3.39. The average molecular weight is 243 g/mol. The van der Waals surface area contributed by atoms with Crippen molar-refractivity contribution in [2.24, 2.45) is 0 Å². The van der Waals surface area contributed by atoms with E-state index in [2.05, 4.69) is 27.4 Å². The van der Waals surface area contributed by atoms with Crippen LogP contribution in [0.15, 0.2) is 36.7 Å². The zero-order valence-corrected chi connectivity index (χ0v) is 10.2. The van der Waals surface area contributed by atoms with E-state index < -0.39 is 0 Å². The minimum Gasteiger partial charge on any atom is -0.375 e. The molecule has 94 valence electrons. The Morgan fingerprint density at radius 1 is 1.28 bits per heavy atom. The molecule has 1 aromatic heterocycles. The van der Waals surface area contributed by atoms with Gasteiger partial charge in [-0.3, -0.25) is 0 Å². The fourth-order valence-electron chi connectivity index (χ4n) is 2.31. The number of ether oxygens (including phenoxy) is 1. The van der Waals surface area contributed by atoms with Crippen molar-refractivity contribution in [3.05, 3.63) is 53.6 Å². The topological polar surface area (TPSA) is 49.9 Å². The summed E-state index contributed by atoms with van der Waals surface area (Å²) in [4.78, 5) is 7.55. The minimum atomic E-state index is 0.212. The third-order valence-electron chi connectivity index (χ3n) is 3.24. The highest BCUT2D eigenvalue weighted by Crippen LogP contribution is 2.19. The zero-order valence-electron chi connectivity index (χ0n) is 10.2. The molecule has 4 nitrogen and oxygen atoms in total. The number of hydrogen-bond donors (Lipinski definition) is 2. The lowest BCUT2D eigenvalue weighted by molar-refractivity contribution is 0.0959. The van der Waals surface area contributed by atoms with E-state index in [1.165, 1.54) is 11.3 Å². The molecule has 0 bridgehead atoms. The number of benzene rings is 1. The molecule has 0 aliphatic carbocycles. The summed E-state index contributed by atoms with van der Waals surface area (Å²) in [7, 11) is 0. The second-order valence-corrected chi connectivity index (χ2v) is 4.52. The maximum Gasteiger partial charge on any atom is 0.0925 e. The molecule has 18 heavy (non-hydrogen) atoms. The number of imidazole rings is 1. The van der Waals surface area contributed by atoms with Gasteiger partial charge in [0.2, 0.25) is 0 Å². The fraction of sp³-hybridized carbons (Fsp3) is 0.357. The Labute approximate surface area is 106 Å². The maximum absolute atomic E-state index is 5.77. The van der Waals surface area contributed by atoms with Crippen LogP contribution in [0.4, 0.5) is 0 Å². The molecule has 3 rings (SSSR count). The van der Waals surface area contributed by atoms with E-state index in [1.807, 2.05) is 18.2 Å². The van der Waals surface area contributed by atoms with Crippen LogP contribution in [0.5, 0.6) is 0 Å². The van der Waals surface area contributed by atoms with Crippen LogP contribution in [0.1, 0.15) is 23.0 Å². The van der Waals surface area contributed by atoms with Crippen molar-refractivity contribution in [1.29, 1.82) is 0 Å². The SMILES string of the molecule is c1ccc(COC[C@@H]2NCCc3[nH]cnc32)cc1. The first-order valence-corrected chi connectivity index (χ1v) is 6.30. The van der Waals surface area contributed by atoms with Crippen molar-refractivity contribution in [2.75, 3.05) is 13.2 Å². The molecule has 0 radical (unpaired) electrons. The van der Waals surface area contributed by atoms with Gasteiger partial charge in [-0.25, -0.2) is 4.98 Å². The van der Waals surface area contributed by atoms with Crippen molar-refractivity contribution in [3.63, 3.8) is 0 Å². The molecule has 2 heterocycles. The molecule has 1 aromatic carbocycles. The average Bonchev–Trinajstić information content (AvgIpc) is 2.89. The standard InChI is InChI=1S/C14H17N3O/c1-2-4-11(5-3-1)8-18-9-13-14-12(6-7-15-13)16-10-17-14/h1-5,10,13,15H,6-9H2,(H,16,17)/t13-/m0/s1. The van der Waals surface area contributed by atoms with E-state index in [-0.39, 0.29) is 6.04 Å². The number of fused-ring (bicyclic) bond motifs is 1. The molecule has 2 aromatic rings. The van der Waals surface area contributed by atoms with Crippen molar-refractivity contribution >= 4 is 0 Å². The summed E-state index contributed by atoms with van der Waals surface area (Å²) >= 11 is 0. The van der Waals surface area contributed by atoms with Crippen LogP contribution in [0.2, 0.25) is 0 Å². The Morgan fingerprint density at radius 2 is 2.17 bits per heavy atom. The third-order valence-corrected chi connectivity index (χ3v) is 3.24. The normalized spacial score (nSPS) is 18.6. The summed E-state index contributed by atoms with van der Waals surface area (Å²) in [6.07, 6.45) is 2.78. The van der Waals surface area contributed by atoms with Crippen LogP contribution in [0.3, 0.4) is 0 Å². The van der Waals surface area contributed by atoms with Crippen LogP contribution in [0, 0.1) is 0 Å². The van der Waals surface area contributed by atoms with E-state index in [1.54, 1.807) is 6.33 Å². The Morgan fingerprint density at radius 3 is 3.06 bits per heavy atom. The molecular formula is C14H17N3O. The van der Waals surface area contributed by atoms with Crippen LogP contribution >= 0.6 is 0 Å². The lowest BCUT2D eigenvalue weighted by Gasteiger charge is -2.22. The van der Waals surface area contributed by atoms with Gasteiger partial charge in [0.25, 0.3) is 0 Å². The number of nitrogens with one attached hydrogen (secondary N) is 2. The predicted octanol–water partition coefficient (Wildman–Crippen LogP) is 1.81. The molecule has 4 heteroatoms. The molecule has 0 amide bonds. The molecule has 2 N–H and O–H groups in total. The van der Waals surface area contributed by atoms with Crippen LogP contribution in [-0.2, 0) is 17.8 Å². The molecule has 0 saturated heterocycles. The summed E-state index contributed by atoms with van der Waals surface area (Å²) in [5, 5.41) is 3.44. The zero-order chi connectivity index (χ0) is 12.2. The molecular weight excluding hydrogens is 226 g/mol. The van der Waals surface area contributed by atoms with Gasteiger partial charge in [-0.15, -0.1) is 0 Å². The van der Waals surface area contributed by atoms with E-state index in [0.717, 1.165) is 18.7 Å². The molecule has 0 fully saturated rings. The van der Waals surface area contributed by atoms with Gasteiger partial charge in [-0.05, 0) is 5.56 Å². The lowest BCUT2D eigenvalue weighted by Crippen LogP contribution is -2.32. The Balaban J connectivity index is 1.56.